The molecular formula is C21H31N3O3. The van der Waals surface area contributed by atoms with E-state index in [2.05, 4.69) is 34.5 Å². The second-order valence-electron chi connectivity index (χ2n) is 7.68. The minimum absolute atomic E-state index is 0.00866. The number of nitrogens with zero attached hydrogens (tertiary/aromatic N) is 2. The molecule has 1 N–H and O–H groups in total. The van der Waals surface area contributed by atoms with Gasteiger partial charge in [-0.25, -0.2) is 0 Å². The zero-order valence-corrected chi connectivity index (χ0v) is 16.4. The number of anilines is 1. The van der Waals surface area contributed by atoms with E-state index in [4.69, 9.17) is 4.74 Å². The van der Waals surface area contributed by atoms with Gasteiger partial charge in [0.2, 0.25) is 11.8 Å². The maximum Gasteiger partial charge on any atom is 0.245 e. The molecule has 148 valence electrons. The molecule has 2 fully saturated rings. The van der Waals surface area contributed by atoms with Crippen molar-refractivity contribution in [2.45, 2.75) is 45.2 Å². The fourth-order valence-corrected chi connectivity index (χ4v) is 4.11. The van der Waals surface area contributed by atoms with Crippen LogP contribution in [0.5, 0.6) is 0 Å². The quantitative estimate of drug-likeness (QED) is 0.830. The highest BCUT2D eigenvalue weighted by Gasteiger charge is 2.33. The number of rotatable bonds is 6. The molecule has 2 amide bonds. The van der Waals surface area contributed by atoms with Crippen LogP contribution in [0.1, 0.15) is 38.2 Å². The normalized spacial score (nSPS) is 19.0. The minimum atomic E-state index is -0.400. The zero-order valence-electron chi connectivity index (χ0n) is 16.4. The number of hydrogen-bond acceptors (Lipinski definition) is 4. The number of carbonyl (C=O) groups is 2. The summed E-state index contributed by atoms with van der Waals surface area (Å²) in [6.45, 7) is 5.40. The molecule has 0 bridgehead atoms. The van der Waals surface area contributed by atoms with E-state index in [1.807, 2.05) is 7.05 Å². The monoisotopic (exact) mass is 373 g/mol. The van der Waals surface area contributed by atoms with E-state index in [0.717, 1.165) is 57.6 Å². The summed E-state index contributed by atoms with van der Waals surface area (Å²) in [5, 5.41) is 2.89. The lowest BCUT2D eigenvalue weighted by molar-refractivity contribution is -0.137. The van der Waals surface area contributed by atoms with E-state index in [1.54, 1.807) is 4.90 Å². The first kappa shape index (κ1) is 19.7. The van der Waals surface area contributed by atoms with E-state index in [0.29, 0.717) is 6.54 Å². The Bertz CT molecular complexity index is 635. The van der Waals surface area contributed by atoms with Gasteiger partial charge in [0.15, 0.2) is 0 Å². The lowest BCUT2D eigenvalue weighted by Crippen LogP contribution is -2.50. The summed E-state index contributed by atoms with van der Waals surface area (Å²) in [7, 11) is 1.82. The first-order valence-corrected chi connectivity index (χ1v) is 9.98. The van der Waals surface area contributed by atoms with Crippen molar-refractivity contribution < 1.29 is 14.3 Å². The van der Waals surface area contributed by atoms with E-state index < -0.39 is 6.04 Å². The van der Waals surface area contributed by atoms with Crippen molar-refractivity contribution in [3.05, 3.63) is 29.8 Å². The fraction of sp³-hybridized carbons (Fsp3) is 0.619. The largest absolute Gasteiger partial charge is 0.378 e. The van der Waals surface area contributed by atoms with Gasteiger partial charge in [0, 0.05) is 39.3 Å². The average molecular weight is 373 g/mol. The highest BCUT2D eigenvalue weighted by molar-refractivity contribution is 5.87. The Kier molecular flexibility index (Phi) is 6.72. The van der Waals surface area contributed by atoms with E-state index in [-0.39, 0.29) is 17.7 Å². The molecule has 6 nitrogen and oxygen atoms in total. The van der Waals surface area contributed by atoms with Crippen molar-refractivity contribution in [2.24, 2.45) is 5.92 Å². The van der Waals surface area contributed by atoms with Gasteiger partial charge in [-0.05, 0) is 36.5 Å². The number of amides is 2. The van der Waals surface area contributed by atoms with Crippen LogP contribution >= 0.6 is 0 Å². The van der Waals surface area contributed by atoms with E-state index >= 15 is 0 Å². The van der Waals surface area contributed by atoms with Gasteiger partial charge in [-0.1, -0.05) is 25.0 Å². The molecule has 3 rings (SSSR count). The first-order valence-electron chi connectivity index (χ1n) is 9.98. The van der Waals surface area contributed by atoms with Crippen LogP contribution in [-0.2, 0) is 20.9 Å². The summed E-state index contributed by atoms with van der Waals surface area (Å²) >= 11 is 0. The fourth-order valence-electron chi connectivity index (χ4n) is 4.11. The minimum Gasteiger partial charge on any atom is -0.378 e. The summed E-state index contributed by atoms with van der Waals surface area (Å²) < 4.78 is 5.40. The summed E-state index contributed by atoms with van der Waals surface area (Å²) in [4.78, 5) is 28.6. The highest BCUT2D eigenvalue weighted by atomic mass is 16.5. The lowest BCUT2D eigenvalue weighted by atomic mass is 9.96. The van der Waals surface area contributed by atoms with Gasteiger partial charge in [0.25, 0.3) is 0 Å². The van der Waals surface area contributed by atoms with Crippen LogP contribution < -0.4 is 10.2 Å². The van der Waals surface area contributed by atoms with Crippen molar-refractivity contribution in [3.8, 4) is 0 Å². The predicted molar refractivity (Wildman–Crippen MR) is 106 cm³/mol. The molecule has 2 aliphatic rings. The third-order valence-electron chi connectivity index (χ3n) is 5.60. The van der Waals surface area contributed by atoms with Gasteiger partial charge in [-0.3, -0.25) is 9.59 Å². The van der Waals surface area contributed by atoms with Gasteiger partial charge in [0.1, 0.15) is 6.04 Å². The van der Waals surface area contributed by atoms with Crippen molar-refractivity contribution in [1.29, 1.82) is 0 Å². The molecule has 1 heterocycles. The molecule has 6 heteroatoms. The summed E-state index contributed by atoms with van der Waals surface area (Å²) in [6.07, 6.45) is 4.30. The van der Waals surface area contributed by atoms with Gasteiger partial charge >= 0.3 is 0 Å². The number of likely N-dealkylation sites (N-methyl/N-ethyl adjacent to an activating group) is 1. The summed E-state index contributed by atoms with van der Waals surface area (Å²) in [6, 6.07) is 7.99. The number of carbonyl (C=O) groups excluding carboxylic acids is 2. The average Bonchev–Trinajstić information content (AvgIpc) is 3.21. The molecule has 0 spiro atoms. The van der Waals surface area contributed by atoms with Crippen molar-refractivity contribution in [2.75, 3.05) is 38.3 Å². The van der Waals surface area contributed by atoms with Gasteiger partial charge in [-0.2, -0.15) is 0 Å². The Morgan fingerprint density at radius 3 is 2.41 bits per heavy atom. The molecule has 1 aromatic carbocycles. The van der Waals surface area contributed by atoms with Crippen LogP contribution in [0.2, 0.25) is 0 Å². The topological polar surface area (TPSA) is 61.9 Å². The predicted octanol–water partition coefficient (Wildman–Crippen LogP) is 2.18. The van der Waals surface area contributed by atoms with E-state index in [1.165, 1.54) is 12.6 Å². The molecule has 0 aromatic heterocycles. The van der Waals surface area contributed by atoms with Crippen molar-refractivity contribution in [1.82, 2.24) is 10.2 Å². The van der Waals surface area contributed by atoms with E-state index in [9.17, 15) is 9.59 Å². The number of morpholine rings is 1. The Morgan fingerprint density at radius 1 is 1.19 bits per heavy atom. The van der Waals surface area contributed by atoms with Gasteiger partial charge in [-0.15, -0.1) is 0 Å². The Hall–Kier alpha value is -2.08. The van der Waals surface area contributed by atoms with Crippen LogP contribution in [0, 0.1) is 5.92 Å². The Labute approximate surface area is 161 Å². The summed E-state index contributed by atoms with van der Waals surface area (Å²) in [5.41, 5.74) is 2.29. The third-order valence-corrected chi connectivity index (χ3v) is 5.60. The molecule has 1 aliphatic heterocycles. The number of ether oxygens (including phenoxy) is 1. The molecule has 1 atom stereocenters. The Morgan fingerprint density at radius 2 is 1.81 bits per heavy atom. The van der Waals surface area contributed by atoms with Gasteiger partial charge in [0.05, 0.1) is 13.2 Å². The smallest absolute Gasteiger partial charge is 0.245 e. The molecule has 1 unspecified atom stereocenters. The number of nitrogens with one attached hydrogen (secondary N) is 1. The SMILES string of the molecule is CC(=O)NC(C(=O)N(C)Cc1ccc(N2CCOCC2)cc1)C1CCCC1. The van der Waals surface area contributed by atoms with Crippen LogP contribution in [0.3, 0.4) is 0 Å². The molecule has 1 saturated heterocycles. The second-order valence-corrected chi connectivity index (χ2v) is 7.68. The molecule has 1 aromatic rings. The molecular weight excluding hydrogens is 342 g/mol. The molecule has 1 saturated carbocycles. The highest BCUT2D eigenvalue weighted by Crippen LogP contribution is 2.29. The van der Waals surface area contributed by atoms with Crippen molar-refractivity contribution >= 4 is 17.5 Å². The maximum absolute atomic E-state index is 13.0. The van der Waals surface area contributed by atoms with Gasteiger partial charge < -0.3 is 19.9 Å². The standard InChI is InChI=1S/C21H31N3O3/c1-16(25)22-20(18-5-3-4-6-18)21(26)23(2)15-17-7-9-19(10-8-17)24-11-13-27-14-12-24/h7-10,18,20H,3-6,11-15H2,1-2H3,(H,22,25). The third kappa shape index (κ3) is 5.22. The molecule has 1 aliphatic carbocycles. The second kappa shape index (κ2) is 9.22. The first-order chi connectivity index (χ1) is 13.0. The zero-order chi connectivity index (χ0) is 19.2. The molecule has 27 heavy (non-hydrogen) atoms. The van der Waals surface area contributed by atoms with Crippen LogP contribution in [0.4, 0.5) is 5.69 Å². The molecule has 0 radical (unpaired) electrons. The number of benzene rings is 1. The lowest BCUT2D eigenvalue weighted by Gasteiger charge is -2.30. The van der Waals surface area contributed by atoms with Crippen LogP contribution in [-0.4, -0.2) is 56.1 Å². The van der Waals surface area contributed by atoms with Crippen LogP contribution in [0.15, 0.2) is 24.3 Å². The van der Waals surface area contributed by atoms with Crippen molar-refractivity contribution in [3.63, 3.8) is 0 Å². The van der Waals surface area contributed by atoms with Crippen LogP contribution in [0.25, 0.3) is 0 Å². The number of hydrogen-bond donors (Lipinski definition) is 1. The summed E-state index contributed by atoms with van der Waals surface area (Å²) in [5.74, 6) is 0.130. The Balaban J connectivity index is 1.61. The maximum atomic E-state index is 13.0.